The van der Waals surface area contributed by atoms with Crippen LogP contribution < -0.4 is 15.0 Å². The summed E-state index contributed by atoms with van der Waals surface area (Å²) in [7, 11) is 0. The van der Waals surface area contributed by atoms with Crippen molar-refractivity contribution in [2.75, 3.05) is 11.4 Å². The molecule has 144 valence electrons. The number of rotatable bonds is 7. The van der Waals surface area contributed by atoms with Crippen LogP contribution in [-0.4, -0.2) is 30.0 Å². The number of unbranched alkanes of at least 4 members (excludes halogenated alkanes) is 3. The molecule has 0 fully saturated rings. The number of benzene rings is 1. The minimum absolute atomic E-state index is 0.0550. The molecule has 1 N–H and O–H groups in total. The highest BCUT2D eigenvalue weighted by Gasteiger charge is 2.41. The van der Waals surface area contributed by atoms with Gasteiger partial charge in [-0.3, -0.25) is 9.59 Å². The van der Waals surface area contributed by atoms with Crippen LogP contribution in [0.1, 0.15) is 76.2 Å². The third kappa shape index (κ3) is 4.37. The van der Waals surface area contributed by atoms with Crippen LogP contribution >= 0.6 is 0 Å². The number of hydrogen-bond donors (Lipinski definition) is 1. The quantitative estimate of drug-likeness (QED) is 0.741. The molecule has 5 nitrogen and oxygen atoms in total. The van der Waals surface area contributed by atoms with Crippen LogP contribution in [0.5, 0.6) is 5.75 Å². The maximum atomic E-state index is 12.9. The summed E-state index contributed by atoms with van der Waals surface area (Å²) in [4.78, 5) is 27.2. The highest BCUT2D eigenvalue weighted by molar-refractivity contribution is 6.04. The zero-order chi connectivity index (χ0) is 19.5. The number of anilines is 1. The van der Waals surface area contributed by atoms with Gasteiger partial charge in [0.15, 0.2) is 5.60 Å². The lowest BCUT2D eigenvalue weighted by Gasteiger charge is -2.39. The summed E-state index contributed by atoms with van der Waals surface area (Å²) >= 11 is 0. The van der Waals surface area contributed by atoms with Crippen LogP contribution in [-0.2, 0) is 4.79 Å². The first-order valence-corrected chi connectivity index (χ1v) is 9.64. The monoisotopic (exact) mass is 360 g/mol. The number of amides is 2. The van der Waals surface area contributed by atoms with E-state index in [0.717, 1.165) is 31.2 Å². The van der Waals surface area contributed by atoms with Crippen molar-refractivity contribution in [1.82, 2.24) is 5.32 Å². The summed E-state index contributed by atoms with van der Waals surface area (Å²) in [6.45, 7) is 12.2. The van der Waals surface area contributed by atoms with Crippen molar-refractivity contribution in [2.45, 2.75) is 78.9 Å². The molecular formula is C21H32N2O3. The Hall–Kier alpha value is -2.04. The summed E-state index contributed by atoms with van der Waals surface area (Å²) < 4.78 is 5.96. The lowest BCUT2D eigenvalue weighted by molar-refractivity contribution is -0.132. The van der Waals surface area contributed by atoms with Crippen molar-refractivity contribution in [3.8, 4) is 5.75 Å². The van der Waals surface area contributed by atoms with E-state index in [-0.39, 0.29) is 17.9 Å². The molecule has 1 aliphatic rings. The standard InChI is InChI=1S/C21H32N2O3/c1-7-8-9-10-11-23-17-13-16(19(24)22-14(2)3)15(4)12-18(17)26-21(5,6)20(23)25/h12-14H,7-11H2,1-6H3,(H,22,24). The van der Waals surface area contributed by atoms with Gasteiger partial charge in [0.25, 0.3) is 11.8 Å². The molecule has 1 aromatic carbocycles. The molecule has 1 aromatic rings. The van der Waals surface area contributed by atoms with E-state index in [2.05, 4.69) is 12.2 Å². The molecule has 2 rings (SSSR count). The number of aryl methyl sites for hydroxylation is 1. The minimum atomic E-state index is -0.897. The van der Waals surface area contributed by atoms with Gasteiger partial charge in [-0.1, -0.05) is 26.2 Å². The van der Waals surface area contributed by atoms with Crippen molar-refractivity contribution in [1.29, 1.82) is 0 Å². The Bertz CT molecular complexity index is 680. The predicted octanol–water partition coefficient (Wildman–Crippen LogP) is 4.22. The first-order valence-electron chi connectivity index (χ1n) is 9.64. The highest BCUT2D eigenvalue weighted by Crippen LogP contribution is 2.40. The first-order chi connectivity index (χ1) is 12.2. The van der Waals surface area contributed by atoms with Crippen LogP contribution in [0.3, 0.4) is 0 Å². The van der Waals surface area contributed by atoms with Crippen molar-refractivity contribution in [3.05, 3.63) is 23.3 Å². The summed E-state index contributed by atoms with van der Waals surface area (Å²) in [5.41, 5.74) is 1.24. The minimum Gasteiger partial charge on any atom is -0.476 e. The fraction of sp³-hybridized carbons (Fsp3) is 0.619. The number of nitrogens with zero attached hydrogens (tertiary/aromatic N) is 1. The second kappa shape index (κ2) is 8.11. The first kappa shape index (κ1) is 20.3. The van der Waals surface area contributed by atoms with E-state index < -0.39 is 5.60 Å². The SMILES string of the molecule is CCCCCCN1C(=O)C(C)(C)Oc2cc(C)c(C(=O)NC(C)C)cc21. The molecule has 0 atom stereocenters. The molecule has 0 saturated heterocycles. The fourth-order valence-corrected chi connectivity index (χ4v) is 3.22. The van der Waals surface area contributed by atoms with Crippen LogP contribution in [0.25, 0.3) is 0 Å². The largest absolute Gasteiger partial charge is 0.476 e. The topological polar surface area (TPSA) is 58.6 Å². The Morgan fingerprint density at radius 2 is 1.92 bits per heavy atom. The van der Waals surface area contributed by atoms with Gasteiger partial charge in [0, 0.05) is 18.2 Å². The normalized spacial score (nSPS) is 15.7. The smallest absolute Gasteiger partial charge is 0.270 e. The predicted molar refractivity (Wildman–Crippen MR) is 105 cm³/mol. The molecule has 1 aliphatic heterocycles. The second-order valence-electron chi connectivity index (χ2n) is 7.89. The van der Waals surface area contributed by atoms with E-state index >= 15 is 0 Å². The van der Waals surface area contributed by atoms with Crippen molar-refractivity contribution in [3.63, 3.8) is 0 Å². The third-order valence-corrected chi connectivity index (χ3v) is 4.62. The molecule has 26 heavy (non-hydrogen) atoms. The molecule has 2 amide bonds. The van der Waals surface area contributed by atoms with Gasteiger partial charge in [-0.05, 0) is 58.7 Å². The summed E-state index contributed by atoms with van der Waals surface area (Å²) in [5, 5.41) is 2.93. The Kier molecular flexibility index (Phi) is 6.32. The van der Waals surface area contributed by atoms with Gasteiger partial charge in [-0.25, -0.2) is 0 Å². The molecule has 1 heterocycles. The fourth-order valence-electron chi connectivity index (χ4n) is 3.22. The van der Waals surface area contributed by atoms with Crippen molar-refractivity contribution < 1.29 is 14.3 Å². The molecule has 5 heteroatoms. The Labute approximate surface area is 157 Å². The van der Waals surface area contributed by atoms with Gasteiger partial charge in [0.05, 0.1) is 5.69 Å². The zero-order valence-corrected chi connectivity index (χ0v) is 16.9. The third-order valence-electron chi connectivity index (χ3n) is 4.62. The molecule has 0 aliphatic carbocycles. The van der Waals surface area contributed by atoms with Crippen molar-refractivity contribution in [2.24, 2.45) is 0 Å². The van der Waals surface area contributed by atoms with Gasteiger partial charge >= 0.3 is 0 Å². The average molecular weight is 360 g/mol. The summed E-state index contributed by atoms with van der Waals surface area (Å²) in [5.74, 6) is 0.493. The summed E-state index contributed by atoms with van der Waals surface area (Å²) in [6, 6.07) is 3.73. The average Bonchev–Trinajstić information content (AvgIpc) is 2.53. The van der Waals surface area contributed by atoms with Crippen LogP contribution in [0.15, 0.2) is 12.1 Å². The maximum absolute atomic E-state index is 12.9. The van der Waals surface area contributed by atoms with Gasteiger partial charge in [0.1, 0.15) is 5.75 Å². The molecule has 0 aromatic heterocycles. The van der Waals surface area contributed by atoms with Crippen LogP contribution in [0, 0.1) is 6.92 Å². The zero-order valence-electron chi connectivity index (χ0n) is 16.9. The van der Waals surface area contributed by atoms with E-state index in [1.165, 1.54) is 0 Å². The van der Waals surface area contributed by atoms with Gasteiger partial charge < -0.3 is 15.0 Å². The van der Waals surface area contributed by atoms with Crippen LogP contribution in [0.4, 0.5) is 5.69 Å². The lowest BCUT2D eigenvalue weighted by Crippen LogP contribution is -2.52. The molecular weight excluding hydrogens is 328 g/mol. The lowest BCUT2D eigenvalue weighted by atomic mass is 9.99. The number of carbonyl (C=O) groups is 2. The molecule has 0 bridgehead atoms. The van der Waals surface area contributed by atoms with Gasteiger partial charge in [-0.15, -0.1) is 0 Å². The Morgan fingerprint density at radius 3 is 2.54 bits per heavy atom. The molecule has 0 unspecified atom stereocenters. The number of hydrogen-bond acceptors (Lipinski definition) is 3. The summed E-state index contributed by atoms with van der Waals surface area (Å²) in [6.07, 6.45) is 4.34. The number of ether oxygens (including phenoxy) is 1. The molecule has 0 saturated carbocycles. The van der Waals surface area contributed by atoms with Crippen molar-refractivity contribution >= 4 is 17.5 Å². The van der Waals surface area contributed by atoms with E-state index in [4.69, 9.17) is 4.74 Å². The molecule has 0 spiro atoms. The van der Waals surface area contributed by atoms with Gasteiger partial charge in [0.2, 0.25) is 0 Å². The van der Waals surface area contributed by atoms with E-state index in [0.29, 0.717) is 23.5 Å². The number of carbonyl (C=O) groups excluding carboxylic acids is 2. The Morgan fingerprint density at radius 1 is 1.23 bits per heavy atom. The van der Waals surface area contributed by atoms with E-state index in [1.54, 1.807) is 24.8 Å². The number of fused-ring (bicyclic) bond motifs is 1. The number of nitrogens with one attached hydrogen (secondary N) is 1. The maximum Gasteiger partial charge on any atom is 0.270 e. The highest BCUT2D eigenvalue weighted by atomic mass is 16.5. The molecule has 0 radical (unpaired) electrons. The Balaban J connectivity index is 2.38. The van der Waals surface area contributed by atoms with E-state index in [9.17, 15) is 9.59 Å². The van der Waals surface area contributed by atoms with Crippen LogP contribution in [0.2, 0.25) is 0 Å². The van der Waals surface area contributed by atoms with E-state index in [1.807, 2.05) is 26.8 Å². The second-order valence-corrected chi connectivity index (χ2v) is 7.89. The van der Waals surface area contributed by atoms with Gasteiger partial charge in [-0.2, -0.15) is 0 Å².